The summed E-state index contributed by atoms with van der Waals surface area (Å²) in [6.07, 6.45) is 0.263. The molecular weight excluding hydrogens is 440 g/mol. The van der Waals surface area contributed by atoms with E-state index in [9.17, 15) is 9.59 Å². The van der Waals surface area contributed by atoms with Gasteiger partial charge in [0, 0.05) is 18.0 Å². The first-order chi connectivity index (χ1) is 16.6. The third-order valence-electron chi connectivity index (χ3n) is 5.68. The number of nitrogens with zero attached hydrogens (tertiary/aromatic N) is 1. The Hall–Kier alpha value is -3.70. The molecule has 0 saturated carbocycles. The standard InChI is InChI=1S/C29H28N2O2S/c1-22-14-16-25(17-15-22)28(29(33)30-20-23-9-4-2-5-10-23)31(21-24-11-6-3-7-12-24)27(32)19-26-13-8-18-34-26/h2-18,28H,19-21H2,1H3,(H,30,33)/t28-/m0/s1. The Balaban J connectivity index is 1.67. The van der Waals surface area contributed by atoms with Gasteiger partial charge in [0.05, 0.1) is 6.42 Å². The number of amides is 2. The van der Waals surface area contributed by atoms with Crippen molar-refractivity contribution in [3.8, 4) is 0 Å². The van der Waals surface area contributed by atoms with E-state index in [1.165, 1.54) is 0 Å². The van der Waals surface area contributed by atoms with Gasteiger partial charge in [-0.1, -0.05) is 96.6 Å². The summed E-state index contributed by atoms with van der Waals surface area (Å²) >= 11 is 1.55. The van der Waals surface area contributed by atoms with Crippen molar-refractivity contribution in [1.82, 2.24) is 10.2 Å². The van der Waals surface area contributed by atoms with E-state index in [2.05, 4.69) is 5.32 Å². The lowest BCUT2D eigenvalue weighted by Crippen LogP contribution is -2.43. The van der Waals surface area contributed by atoms with Crippen molar-refractivity contribution in [3.05, 3.63) is 130 Å². The molecule has 0 radical (unpaired) electrons. The van der Waals surface area contributed by atoms with Gasteiger partial charge in [0.2, 0.25) is 11.8 Å². The van der Waals surface area contributed by atoms with Crippen LogP contribution in [-0.2, 0) is 29.1 Å². The minimum absolute atomic E-state index is 0.0771. The van der Waals surface area contributed by atoms with E-state index >= 15 is 0 Å². The summed E-state index contributed by atoms with van der Waals surface area (Å²) < 4.78 is 0. The smallest absolute Gasteiger partial charge is 0.247 e. The molecule has 0 aliphatic rings. The van der Waals surface area contributed by atoms with E-state index in [1.54, 1.807) is 16.2 Å². The van der Waals surface area contributed by atoms with Crippen LogP contribution in [0.5, 0.6) is 0 Å². The van der Waals surface area contributed by atoms with Crippen molar-refractivity contribution in [2.45, 2.75) is 32.5 Å². The van der Waals surface area contributed by atoms with Gasteiger partial charge in [-0.2, -0.15) is 0 Å². The Morgan fingerprint density at radius 1 is 0.824 bits per heavy atom. The van der Waals surface area contributed by atoms with Crippen molar-refractivity contribution in [1.29, 1.82) is 0 Å². The molecule has 4 aromatic rings. The second-order valence-electron chi connectivity index (χ2n) is 8.28. The van der Waals surface area contributed by atoms with Gasteiger partial charge in [-0.25, -0.2) is 0 Å². The molecular formula is C29H28N2O2S. The van der Waals surface area contributed by atoms with Crippen LogP contribution >= 0.6 is 11.3 Å². The molecule has 172 valence electrons. The van der Waals surface area contributed by atoms with E-state index in [4.69, 9.17) is 0 Å². The number of carbonyl (C=O) groups is 2. The number of hydrogen-bond acceptors (Lipinski definition) is 3. The summed E-state index contributed by atoms with van der Waals surface area (Å²) in [5, 5.41) is 5.03. The molecule has 0 spiro atoms. The van der Waals surface area contributed by atoms with Gasteiger partial charge >= 0.3 is 0 Å². The molecule has 0 bridgehead atoms. The lowest BCUT2D eigenvalue weighted by Gasteiger charge is -2.32. The average Bonchev–Trinajstić information content (AvgIpc) is 3.38. The van der Waals surface area contributed by atoms with E-state index in [0.29, 0.717) is 13.1 Å². The van der Waals surface area contributed by atoms with E-state index in [0.717, 1.165) is 27.1 Å². The normalized spacial score (nSPS) is 11.6. The highest BCUT2D eigenvalue weighted by atomic mass is 32.1. The molecule has 0 fully saturated rings. The van der Waals surface area contributed by atoms with Gasteiger partial charge in [0.15, 0.2) is 0 Å². The maximum absolute atomic E-state index is 13.6. The summed E-state index contributed by atoms with van der Waals surface area (Å²) in [6.45, 7) is 2.76. The molecule has 4 nitrogen and oxygen atoms in total. The number of rotatable bonds is 9. The van der Waals surface area contributed by atoms with Crippen molar-refractivity contribution in [2.75, 3.05) is 0 Å². The maximum atomic E-state index is 13.6. The molecule has 4 rings (SSSR count). The van der Waals surface area contributed by atoms with E-state index in [-0.39, 0.29) is 18.2 Å². The van der Waals surface area contributed by atoms with Crippen molar-refractivity contribution >= 4 is 23.2 Å². The molecule has 2 amide bonds. The second-order valence-corrected chi connectivity index (χ2v) is 9.31. The Morgan fingerprint density at radius 2 is 1.47 bits per heavy atom. The molecule has 34 heavy (non-hydrogen) atoms. The third kappa shape index (κ3) is 6.21. The van der Waals surface area contributed by atoms with Crippen LogP contribution in [0.25, 0.3) is 0 Å². The number of aryl methyl sites for hydroxylation is 1. The van der Waals surface area contributed by atoms with Gasteiger partial charge in [0.25, 0.3) is 0 Å². The highest BCUT2D eigenvalue weighted by Crippen LogP contribution is 2.26. The summed E-state index contributed by atoms with van der Waals surface area (Å²) in [6, 6.07) is 30.6. The lowest BCUT2D eigenvalue weighted by molar-refractivity contribution is -0.141. The molecule has 0 saturated heterocycles. The molecule has 0 aliphatic heterocycles. The Morgan fingerprint density at radius 3 is 2.09 bits per heavy atom. The zero-order chi connectivity index (χ0) is 23.8. The second kappa shape index (κ2) is 11.4. The first kappa shape index (κ1) is 23.5. The molecule has 1 N–H and O–H groups in total. The zero-order valence-corrected chi connectivity index (χ0v) is 20.0. The van der Waals surface area contributed by atoms with Crippen LogP contribution in [0.15, 0.2) is 102 Å². The SMILES string of the molecule is Cc1ccc([C@@H](C(=O)NCc2ccccc2)N(Cc2ccccc2)C(=O)Cc2cccs2)cc1. The van der Waals surface area contributed by atoms with Crippen LogP contribution in [0.2, 0.25) is 0 Å². The van der Waals surface area contributed by atoms with Gasteiger partial charge in [0.1, 0.15) is 6.04 Å². The van der Waals surface area contributed by atoms with Crippen LogP contribution in [0.1, 0.15) is 33.2 Å². The van der Waals surface area contributed by atoms with Gasteiger partial charge < -0.3 is 10.2 Å². The largest absolute Gasteiger partial charge is 0.350 e. The van der Waals surface area contributed by atoms with E-state index in [1.807, 2.05) is 109 Å². The zero-order valence-electron chi connectivity index (χ0n) is 19.2. The summed E-state index contributed by atoms with van der Waals surface area (Å²) in [7, 11) is 0. The molecule has 1 heterocycles. The van der Waals surface area contributed by atoms with Gasteiger partial charge in [-0.3, -0.25) is 9.59 Å². The van der Waals surface area contributed by atoms with Crippen molar-refractivity contribution in [3.63, 3.8) is 0 Å². The highest BCUT2D eigenvalue weighted by Gasteiger charge is 2.31. The summed E-state index contributed by atoms with van der Waals surface area (Å²) in [4.78, 5) is 30.0. The first-order valence-electron chi connectivity index (χ1n) is 11.3. The predicted octanol–water partition coefficient (Wildman–Crippen LogP) is 5.69. The maximum Gasteiger partial charge on any atom is 0.247 e. The number of hydrogen-bond donors (Lipinski definition) is 1. The Labute approximate surface area is 204 Å². The minimum Gasteiger partial charge on any atom is -0.350 e. The fourth-order valence-electron chi connectivity index (χ4n) is 3.87. The van der Waals surface area contributed by atoms with Gasteiger partial charge in [-0.05, 0) is 35.1 Å². The van der Waals surface area contributed by atoms with Gasteiger partial charge in [-0.15, -0.1) is 11.3 Å². The van der Waals surface area contributed by atoms with Crippen LogP contribution in [-0.4, -0.2) is 16.7 Å². The van der Waals surface area contributed by atoms with Crippen molar-refractivity contribution < 1.29 is 9.59 Å². The minimum atomic E-state index is -0.739. The highest BCUT2D eigenvalue weighted by molar-refractivity contribution is 7.10. The monoisotopic (exact) mass is 468 g/mol. The first-order valence-corrected chi connectivity index (χ1v) is 12.2. The number of nitrogens with one attached hydrogen (secondary N) is 1. The molecule has 3 aromatic carbocycles. The van der Waals surface area contributed by atoms with Crippen LogP contribution < -0.4 is 5.32 Å². The van der Waals surface area contributed by atoms with Crippen LogP contribution in [0, 0.1) is 6.92 Å². The molecule has 5 heteroatoms. The quantitative estimate of drug-likeness (QED) is 0.343. The van der Waals surface area contributed by atoms with Crippen LogP contribution in [0.4, 0.5) is 0 Å². The lowest BCUT2D eigenvalue weighted by atomic mass is 10.0. The van der Waals surface area contributed by atoms with E-state index < -0.39 is 6.04 Å². The number of carbonyl (C=O) groups excluding carboxylic acids is 2. The number of benzene rings is 3. The summed E-state index contributed by atoms with van der Waals surface area (Å²) in [5.74, 6) is -0.269. The molecule has 1 atom stereocenters. The Kier molecular flexibility index (Phi) is 7.89. The fraction of sp³-hybridized carbons (Fsp3) is 0.172. The average molecular weight is 469 g/mol. The molecule has 0 unspecified atom stereocenters. The van der Waals surface area contributed by atoms with Crippen molar-refractivity contribution in [2.24, 2.45) is 0 Å². The Bertz CT molecular complexity index is 1190. The molecule has 0 aliphatic carbocycles. The molecule has 1 aromatic heterocycles. The summed E-state index contributed by atoms with van der Waals surface area (Å²) in [5.41, 5.74) is 3.89. The predicted molar refractivity (Wildman–Crippen MR) is 137 cm³/mol. The van der Waals surface area contributed by atoms with Crippen LogP contribution in [0.3, 0.4) is 0 Å². The topological polar surface area (TPSA) is 49.4 Å². The number of thiophene rings is 1. The fourth-order valence-corrected chi connectivity index (χ4v) is 4.57. The third-order valence-corrected chi connectivity index (χ3v) is 6.56.